The summed E-state index contributed by atoms with van der Waals surface area (Å²) in [6.07, 6.45) is 0.912. The van der Waals surface area contributed by atoms with Gasteiger partial charge in [0.25, 0.3) is 0 Å². The van der Waals surface area contributed by atoms with E-state index in [0.29, 0.717) is 0 Å². The van der Waals surface area contributed by atoms with Gasteiger partial charge in [-0.1, -0.05) is 48.1 Å². The van der Waals surface area contributed by atoms with E-state index in [-0.39, 0.29) is 0 Å². The van der Waals surface area contributed by atoms with Gasteiger partial charge >= 0.3 is 0 Å². The van der Waals surface area contributed by atoms with Gasteiger partial charge in [-0.2, -0.15) is 0 Å². The lowest BCUT2D eigenvalue weighted by Crippen LogP contribution is -2.15. The lowest BCUT2D eigenvalue weighted by molar-refractivity contribution is 0.710. The maximum absolute atomic E-state index is 6.29. The molecule has 0 aliphatic heterocycles. The van der Waals surface area contributed by atoms with E-state index >= 15 is 0 Å². The first-order valence-electron chi connectivity index (χ1n) is 6.01. The number of aryl methyl sites for hydroxylation is 1. The van der Waals surface area contributed by atoms with Crippen LogP contribution in [0, 0.1) is 6.92 Å². The van der Waals surface area contributed by atoms with Crippen molar-refractivity contribution in [3.05, 3.63) is 33.8 Å². The first-order valence-corrected chi connectivity index (χ1v) is 7.20. The van der Waals surface area contributed by atoms with Crippen molar-refractivity contribution in [1.29, 1.82) is 0 Å². The fourth-order valence-corrected chi connectivity index (χ4v) is 2.79. The number of likely N-dealkylation sites (N-methyl/N-ethyl adjacent to an activating group) is 1. The summed E-state index contributed by atoms with van der Waals surface area (Å²) in [5.41, 5.74) is 2.04. The zero-order valence-electron chi connectivity index (χ0n) is 10.5. The second kappa shape index (κ2) is 6.27. The van der Waals surface area contributed by atoms with E-state index in [0.717, 1.165) is 45.7 Å². The Hall–Kier alpha value is -0.970. The summed E-state index contributed by atoms with van der Waals surface area (Å²) in [7, 11) is 0. The van der Waals surface area contributed by atoms with Crippen LogP contribution in [0.25, 0.3) is 10.6 Å². The van der Waals surface area contributed by atoms with Crippen molar-refractivity contribution in [2.45, 2.75) is 20.3 Å². The lowest BCUT2D eigenvalue weighted by atomic mass is 10.1. The van der Waals surface area contributed by atoms with Crippen LogP contribution in [0.4, 0.5) is 0 Å². The predicted octanol–water partition coefficient (Wildman–Crippen LogP) is 3.32. The van der Waals surface area contributed by atoms with Crippen molar-refractivity contribution in [3.8, 4) is 10.6 Å². The third-order valence-electron chi connectivity index (χ3n) is 2.65. The molecule has 0 bridgehead atoms. The molecule has 1 aromatic heterocycles. The molecule has 0 fully saturated rings. The zero-order valence-corrected chi connectivity index (χ0v) is 12.1. The molecule has 0 aliphatic carbocycles. The van der Waals surface area contributed by atoms with Crippen molar-refractivity contribution in [3.63, 3.8) is 0 Å². The van der Waals surface area contributed by atoms with E-state index in [9.17, 15) is 0 Å². The van der Waals surface area contributed by atoms with Gasteiger partial charge in [-0.05, 0) is 19.0 Å². The smallest absolute Gasteiger partial charge is 0.149 e. The second-order valence-electron chi connectivity index (χ2n) is 4.04. The molecule has 1 aromatic carbocycles. The average Bonchev–Trinajstić information content (AvgIpc) is 2.82. The van der Waals surface area contributed by atoms with Crippen LogP contribution in [-0.2, 0) is 6.42 Å². The van der Waals surface area contributed by atoms with Crippen LogP contribution in [0.1, 0.15) is 17.5 Å². The molecule has 5 heteroatoms. The summed E-state index contributed by atoms with van der Waals surface area (Å²) in [5, 5.41) is 14.4. The van der Waals surface area contributed by atoms with E-state index in [1.54, 1.807) is 11.3 Å². The molecule has 2 aromatic rings. The van der Waals surface area contributed by atoms with Gasteiger partial charge in [-0.25, -0.2) is 0 Å². The first-order chi connectivity index (χ1) is 8.72. The topological polar surface area (TPSA) is 37.8 Å². The van der Waals surface area contributed by atoms with E-state index < -0.39 is 0 Å². The normalized spacial score (nSPS) is 10.8. The summed E-state index contributed by atoms with van der Waals surface area (Å²) in [6.45, 7) is 6.01. The number of hydrogen-bond donors (Lipinski definition) is 1. The van der Waals surface area contributed by atoms with Gasteiger partial charge in [0.05, 0.1) is 5.02 Å². The molecule has 0 unspecified atom stereocenters. The van der Waals surface area contributed by atoms with E-state index in [2.05, 4.69) is 22.4 Å². The Morgan fingerprint density at radius 1 is 1.33 bits per heavy atom. The fraction of sp³-hybridized carbons (Fsp3) is 0.385. The highest BCUT2D eigenvalue weighted by molar-refractivity contribution is 7.14. The summed E-state index contributed by atoms with van der Waals surface area (Å²) < 4.78 is 0. The van der Waals surface area contributed by atoms with Crippen LogP contribution in [0.5, 0.6) is 0 Å². The number of halogens is 1. The maximum atomic E-state index is 6.29. The minimum atomic E-state index is 0.770. The molecule has 1 heterocycles. The SMILES string of the molecule is CCNCCc1nnc(-c2cccc(C)c2Cl)s1. The number of nitrogens with zero attached hydrogens (tertiary/aromatic N) is 2. The van der Waals surface area contributed by atoms with Gasteiger partial charge in [0, 0.05) is 18.5 Å². The highest BCUT2D eigenvalue weighted by Crippen LogP contribution is 2.32. The quantitative estimate of drug-likeness (QED) is 0.855. The van der Waals surface area contributed by atoms with Crippen molar-refractivity contribution in [2.24, 2.45) is 0 Å². The number of hydrogen-bond acceptors (Lipinski definition) is 4. The third-order valence-corrected chi connectivity index (χ3v) is 4.17. The minimum Gasteiger partial charge on any atom is -0.317 e. The molecule has 96 valence electrons. The fourth-order valence-electron chi connectivity index (χ4n) is 1.65. The van der Waals surface area contributed by atoms with Gasteiger partial charge in [-0.3, -0.25) is 0 Å². The first kappa shape index (κ1) is 13.5. The third kappa shape index (κ3) is 3.07. The monoisotopic (exact) mass is 281 g/mol. The molecule has 0 aliphatic rings. The molecule has 18 heavy (non-hydrogen) atoms. The van der Waals surface area contributed by atoms with Gasteiger partial charge in [0.1, 0.15) is 10.0 Å². The molecule has 2 rings (SSSR count). The molecule has 0 spiro atoms. The number of aromatic nitrogens is 2. The van der Waals surface area contributed by atoms with Crippen LogP contribution in [-0.4, -0.2) is 23.3 Å². The minimum absolute atomic E-state index is 0.770. The number of benzene rings is 1. The molecule has 0 atom stereocenters. The van der Waals surface area contributed by atoms with E-state index in [4.69, 9.17) is 11.6 Å². The van der Waals surface area contributed by atoms with Crippen molar-refractivity contribution < 1.29 is 0 Å². The van der Waals surface area contributed by atoms with Gasteiger partial charge < -0.3 is 5.32 Å². The maximum Gasteiger partial charge on any atom is 0.149 e. The highest BCUT2D eigenvalue weighted by atomic mass is 35.5. The zero-order chi connectivity index (χ0) is 13.0. The summed E-state index contributed by atoms with van der Waals surface area (Å²) in [4.78, 5) is 0. The Morgan fingerprint density at radius 3 is 2.94 bits per heavy atom. The highest BCUT2D eigenvalue weighted by Gasteiger charge is 2.11. The average molecular weight is 282 g/mol. The van der Waals surface area contributed by atoms with Crippen LogP contribution in [0.3, 0.4) is 0 Å². The summed E-state index contributed by atoms with van der Waals surface area (Å²) in [5.74, 6) is 0. The van der Waals surface area contributed by atoms with E-state index in [1.165, 1.54) is 0 Å². The predicted molar refractivity (Wildman–Crippen MR) is 77.3 cm³/mol. The Morgan fingerprint density at radius 2 is 2.17 bits per heavy atom. The van der Waals surface area contributed by atoms with Gasteiger partial charge in [0.15, 0.2) is 0 Å². The van der Waals surface area contributed by atoms with Crippen molar-refractivity contribution in [2.75, 3.05) is 13.1 Å². The second-order valence-corrected chi connectivity index (χ2v) is 5.48. The Kier molecular flexibility index (Phi) is 4.69. The summed E-state index contributed by atoms with van der Waals surface area (Å²) in [6, 6.07) is 5.99. The van der Waals surface area contributed by atoms with Gasteiger partial charge in [0.2, 0.25) is 0 Å². The Labute approximate surface area is 116 Å². The van der Waals surface area contributed by atoms with Gasteiger partial charge in [-0.15, -0.1) is 10.2 Å². The van der Waals surface area contributed by atoms with Crippen molar-refractivity contribution in [1.82, 2.24) is 15.5 Å². The molecule has 0 saturated heterocycles. The van der Waals surface area contributed by atoms with Crippen LogP contribution < -0.4 is 5.32 Å². The largest absolute Gasteiger partial charge is 0.317 e. The molecule has 3 nitrogen and oxygen atoms in total. The molecule has 1 N–H and O–H groups in total. The lowest BCUT2D eigenvalue weighted by Gasteiger charge is -2.02. The number of rotatable bonds is 5. The Balaban J connectivity index is 2.16. The molecule has 0 saturated carbocycles. The molecular weight excluding hydrogens is 266 g/mol. The number of nitrogens with one attached hydrogen (secondary N) is 1. The molecule has 0 radical (unpaired) electrons. The summed E-state index contributed by atoms with van der Waals surface area (Å²) >= 11 is 7.90. The van der Waals surface area contributed by atoms with Crippen LogP contribution in [0.15, 0.2) is 18.2 Å². The molecular formula is C13H16ClN3S. The van der Waals surface area contributed by atoms with Crippen LogP contribution in [0.2, 0.25) is 5.02 Å². The molecule has 0 amide bonds. The van der Waals surface area contributed by atoms with Crippen molar-refractivity contribution >= 4 is 22.9 Å². The van der Waals surface area contributed by atoms with Crippen LogP contribution >= 0.6 is 22.9 Å². The van der Waals surface area contributed by atoms with E-state index in [1.807, 2.05) is 25.1 Å². The standard InChI is InChI=1S/C13H16ClN3S/c1-3-15-8-7-11-16-17-13(18-11)10-6-4-5-9(2)12(10)14/h4-6,15H,3,7-8H2,1-2H3. The Bertz CT molecular complexity index is 525.